The number of rotatable bonds is 16. The fourth-order valence-electron chi connectivity index (χ4n) is 4.62. The Balaban J connectivity index is 1.59. The minimum Gasteiger partial charge on any atom is -0.396 e. The lowest BCUT2D eigenvalue weighted by Crippen LogP contribution is -2.26. The molecule has 176 valence electrons. The number of aliphatic hydroxyl groups excluding tert-OH is 1. The Morgan fingerprint density at radius 2 is 0.788 bits per heavy atom. The Hall–Kier alpha value is -2.03. The monoisotopic (exact) mass is 460 g/mol. The van der Waals surface area contributed by atoms with Crippen LogP contribution in [0.25, 0.3) is 0 Å². The molecule has 0 unspecified atom stereocenters. The van der Waals surface area contributed by atoms with Gasteiger partial charge >= 0.3 is 0 Å². The van der Waals surface area contributed by atoms with E-state index in [1.165, 1.54) is 74.5 Å². The molecule has 0 aromatic heterocycles. The third-order valence-corrected chi connectivity index (χ3v) is 8.04. The van der Waals surface area contributed by atoms with Gasteiger partial charge in [0.15, 0.2) is 0 Å². The van der Waals surface area contributed by atoms with E-state index in [2.05, 4.69) is 103 Å². The third kappa shape index (κ3) is 7.76. The van der Waals surface area contributed by atoms with Gasteiger partial charge in [-0.15, -0.1) is 11.8 Å². The quantitative estimate of drug-likeness (QED) is 0.170. The van der Waals surface area contributed by atoms with Gasteiger partial charge in [-0.2, -0.15) is 0 Å². The van der Waals surface area contributed by atoms with Crippen LogP contribution in [-0.4, -0.2) is 17.5 Å². The molecule has 0 aliphatic carbocycles. The number of thioether (sulfide) groups is 1. The fraction of sp³-hybridized carbons (Fsp3) is 0.419. The van der Waals surface area contributed by atoms with Crippen LogP contribution in [0, 0.1) is 0 Å². The van der Waals surface area contributed by atoms with Crippen LogP contribution in [-0.2, 0) is 4.75 Å². The molecule has 0 saturated carbocycles. The van der Waals surface area contributed by atoms with Crippen LogP contribution in [0.4, 0.5) is 0 Å². The summed E-state index contributed by atoms with van der Waals surface area (Å²) < 4.78 is -0.182. The van der Waals surface area contributed by atoms with Crippen LogP contribution in [0.2, 0.25) is 0 Å². The average molecular weight is 461 g/mol. The summed E-state index contributed by atoms with van der Waals surface area (Å²) in [4.78, 5) is 0. The lowest BCUT2D eigenvalue weighted by molar-refractivity contribution is 0.282. The van der Waals surface area contributed by atoms with Crippen LogP contribution in [0.3, 0.4) is 0 Å². The molecule has 0 aliphatic heterocycles. The first-order valence-electron chi connectivity index (χ1n) is 12.8. The summed E-state index contributed by atoms with van der Waals surface area (Å²) in [6.45, 7) is 0.345. The SMILES string of the molecule is OCCCCCCCCCCCCSC(c1ccccc1)(c1ccccc1)c1ccccc1. The molecule has 3 rings (SSSR count). The largest absolute Gasteiger partial charge is 0.396 e. The molecule has 0 saturated heterocycles. The molecule has 0 amide bonds. The zero-order chi connectivity index (χ0) is 23.0. The maximum Gasteiger partial charge on any atom is 0.0906 e. The topological polar surface area (TPSA) is 20.2 Å². The summed E-state index contributed by atoms with van der Waals surface area (Å²) >= 11 is 2.09. The van der Waals surface area contributed by atoms with E-state index in [1.54, 1.807) is 0 Å². The van der Waals surface area contributed by atoms with Gasteiger partial charge in [-0.1, -0.05) is 142 Å². The highest BCUT2D eigenvalue weighted by atomic mass is 32.2. The normalized spacial score (nSPS) is 11.5. The van der Waals surface area contributed by atoms with Gasteiger partial charge in [0.1, 0.15) is 0 Å². The molecule has 0 atom stereocenters. The highest BCUT2D eigenvalue weighted by molar-refractivity contribution is 8.00. The second-order valence-corrected chi connectivity index (χ2v) is 10.2. The fourth-order valence-corrected chi connectivity index (χ4v) is 6.18. The average Bonchev–Trinajstić information content (AvgIpc) is 2.89. The number of hydrogen-bond donors (Lipinski definition) is 1. The summed E-state index contributed by atoms with van der Waals surface area (Å²) in [6.07, 6.45) is 12.7. The molecule has 1 N–H and O–H groups in total. The van der Waals surface area contributed by atoms with Crippen molar-refractivity contribution in [1.82, 2.24) is 0 Å². The summed E-state index contributed by atoms with van der Waals surface area (Å²) in [5.74, 6) is 1.15. The summed E-state index contributed by atoms with van der Waals surface area (Å²) in [6, 6.07) is 33.1. The maximum absolute atomic E-state index is 8.85. The van der Waals surface area contributed by atoms with Gasteiger partial charge in [0.2, 0.25) is 0 Å². The summed E-state index contributed by atoms with van der Waals surface area (Å²) in [5.41, 5.74) is 4.07. The van der Waals surface area contributed by atoms with Gasteiger partial charge in [-0.3, -0.25) is 0 Å². The lowest BCUT2D eigenvalue weighted by atomic mass is 9.84. The van der Waals surface area contributed by atoms with Gasteiger partial charge in [0, 0.05) is 6.61 Å². The molecule has 0 bridgehead atoms. The molecule has 0 fully saturated rings. The second kappa shape index (κ2) is 15.0. The van der Waals surface area contributed by atoms with Gasteiger partial charge in [0.25, 0.3) is 0 Å². The maximum atomic E-state index is 8.85. The molecule has 2 heteroatoms. The van der Waals surface area contributed by atoms with Gasteiger partial charge < -0.3 is 5.11 Å². The minimum atomic E-state index is -0.182. The van der Waals surface area contributed by atoms with Crippen LogP contribution in [0.5, 0.6) is 0 Å². The van der Waals surface area contributed by atoms with Crippen molar-refractivity contribution in [3.63, 3.8) is 0 Å². The van der Waals surface area contributed by atoms with Crippen molar-refractivity contribution in [1.29, 1.82) is 0 Å². The van der Waals surface area contributed by atoms with Crippen molar-refractivity contribution in [3.05, 3.63) is 108 Å². The van der Waals surface area contributed by atoms with E-state index in [1.807, 2.05) is 0 Å². The Bertz CT molecular complexity index is 767. The van der Waals surface area contributed by atoms with E-state index in [0.717, 1.165) is 12.2 Å². The third-order valence-electron chi connectivity index (χ3n) is 6.41. The van der Waals surface area contributed by atoms with Crippen molar-refractivity contribution >= 4 is 11.8 Å². The molecule has 1 nitrogen and oxygen atoms in total. The van der Waals surface area contributed by atoms with E-state index >= 15 is 0 Å². The van der Waals surface area contributed by atoms with Gasteiger partial charge in [0.05, 0.1) is 4.75 Å². The Morgan fingerprint density at radius 3 is 1.15 bits per heavy atom. The first kappa shape index (κ1) is 25.6. The molecule has 0 heterocycles. The molecular formula is C31H40OS. The number of benzene rings is 3. The Kier molecular flexibility index (Phi) is 11.6. The molecule has 3 aromatic carbocycles. The first-order chi connectivity index (χ1) is 16.4. The van der Waals surface area contributed by atoms with Crippen molar-refractivity contribution in [2.24, 2.45) is 0 Å². The number of hydrogen-bond acceptors (Lipinski definition) is 2. The highest BCUT2D eigenvalue weighted by Crippen LogP contribution is 2.48. The van der Waals surface area contributed by atoms with Crippen molar-refractivity contribution in [2.45, 2.75) is 69.0 Å². The Morgan fingerprint density at radius 1 is 0.455 bits per heavy atom. The highest BCUT2D eigenvalue weighted by Gasteiger charge is 2.36. The van der Waals surface area contributed by atoms with Crippen LogP contribution >= 0.6 is 11.8 Å². The number of unbranched alkanes of at least 4 members (excludes halogenated alkanes) is 9. The smallest absolute Gasteiger partial charge is 0.0906 e. The van der Waals surface area contributed by atoms with Crippen LogP contribution in [0.1, 0.15) is 80.9 Å². The van der Waals surface area contributed by atoms with E-state index < -0.39 is 0 Å². The number of aliphatic hydroxyl groups is 1. The van der Waals surface area contributed by atoms with E-state index in [9.17, 15) is 0 Å². The zero-order valence-electron chi connectivity index (χ0n) is 20.0. The van der Waals surface area contributed by atoms with Crippen molar-refractivity contribution in [3.8, 4) is 0 Å². The van der Waals surface area contributed by atoms with Crippen LogP contribution < -0.4 is 0 Å². The first-order valence-corrected chi connectivity index (χ1v) is 13.8. The van der Waals surface area contributed by atoms with E-state index in [0.29, 0.717) is 6.61 Å². The van der Waals surface area contributed by atoms with E-state index in [-0.39, 0.29) is 4.75 Å². The second-order valence-electron chi connectivity index (χ2n) is 8.89. The Labute approximate surface area is 205 Å². The molecule has 0 spiro atoms. The van der Waals surface area contributed by atoms with Crippen LogP contribution in [0.15, 0.2) is 91.0 Å². The molecular weight excluding hydrogens is 420 g/mol. The standard InChI is InChI=1S/C31H40OS/c32-26-18-7-5-3-1-2-4-6-8-19-27-33-31(28-20-12-9-13-21-28,29-22-14-10-15-23-29)30-24-16-11-17-25-30/h9-17,20-25,32H,1-8,18-19,26-27H2. The molecule has 3 aromatic rings. The predicted molar refractivity (Wildman–Crippen MR) is 145 cm³/mol. The van der Waals surface area contributed by atoms with Gasteiger partial charge in [-0.05, 0) is 35.3 Å². The molecule has 33 heavy (non-hydrogen) atoms. The van der Waals surface area contributed by atoms with E-state index in [4.69, 9.17) is 5.11 Å². The molecule has 0 radical (unpaired) electrons. The summed E-state index contributed by atoms with van der Waals surface area (Å²) in [5, 5.41) is 8.85. The van der Waals surface area contributed by atoms with Crippen molar-refractivity contribution < 1.29 is 5.11 Å². The predicted octanol–water partition coefficient (Wildman–Crippen LogP) is 8.61. The lowest BCUT2D eigenvalue weighted by Gasteiger charge is -2.35. The zero-order valence-corrected chi connectivity index (χ0v) is 20.8. The minimum absolute atomic E-state index is 0.182. The van der Waals surface area contributed by atoms with Gasteiger partial charge in [-0.25, -0.2) is 0 Å². The summed E-state index contributed by atoms with van der Waals surface area (Å²) in [7, 11) is 0. The molecule has 0 aliphatic rings. The van der Waals surface area contributed by atoms with Crippen molar-refractivity contribution in [2.75, 3.05) is 12.4 Å².